The number of carbonyl (C=O) groups excluding carboxylic acids is 2. The molecular weight excluding hydrogens is 318 g/mol. The average molecular weight is 345 g/mol. The normalized spacial score (nSPS) is 23.8. The highest BCUT2D eigenvalue weighted by molar-refractivity contribution is 5.95. The molecule has 0 unspecified atom stereocenters. The van der Waals surface area contributed by atoms with Crippen LogP contribution in [0.4, 0.5) is 0 Å². The highest BCUT2D eigenvalue weighted by Crippen LogP contribution is 2.31. The number of likely N-dealkylation sites (tertiary alicyclic amines) is 2. The van der Waals surface area contributed by atoms with Crippen molar-refractivity contribution in [3.05, 3.63) is 29.8 Å². The summed E-state index contributed by atoms with van der Waals surface area (Å²) in [6.45, 7) is 5.00. The van der Waals surface area contributed by atoms with E-state index in [1.807, 2.05) is 4.90 Å². The Kier molecular flexibility index (Phi) is 5.58. The smallest absolute Gasteiger partial charge is 0.255 e. The van der Waals surface area contributed by atoms with Crippen LogP contribution in [0, 0.1) is 0 Å². The lowest BCUT2D eigenvalue weighted by Gasteiger charge is -2.34. The maximum Gasteiger partial charge on any atom is 0.255 e. The van der Waals surface area contributed by atoms with E-state index in [-0.39, 0.29) is 12.5 Å². The second-order valence-electron chi connectivity index (χ2n) is 6.83. The minimum atomic E-state index is -0.530. The Labute approximate surface area is 148 Å². The first-order valence-electron chi connectivity index (χ1n) is 9.16. The SMILES string of the molecule is CCN1CCC[C@H]1[C@H]1CCCN1C(=O)c1cccc(OCC(N)=O)c1. The Balaban J connectivity index is 1.73. The number of rotatable bonds is 6. The third-order valence-electron chi connectivity index (χ3n) is 5.29. The minimum absolute atomic E-state index is 0.0509. The van der Waals surface area contributed by atoms with Crippen molar-refractivity contribution >= 4 is 11.8 Å². The molecule has 2 aliphatic rings. The Bertz CT molecular complexity index is 634. The van der Waals surface area contributed by atoms with Gasteiger partial charge in [-0.15, -0.1) is 0 Å². The van der Waals surface area contributed by atoms with E-state index in [1.165, 1.54) is 12.8 Å². The summed E-state index contributed by atoms with van der Waals surface area (Å²) < 4.78 is 5.33. The molecule has 6 heteroatoms. The zero-order chi connectivity index (χ0) is 17.8. The second kappa shape index (κ2) is 7.87. The number of primary amides is 1. The molecule has 0 radical (unpaired) electrons. The molecule has 1 aromatic rings. The average Bonchev–Trinajstić information content (AvgIpc) is 3.27. The monoisotopic (exact) mass is 345 g/mol. The Morgan fingerprint density at radius 1 is 1.20 bits per heavy atom. The van der Waals surface area contributed by atoms with Crippen molar-refractivity contribution in [1.29, 1.82) is 0 Å². The van der Waals surface area contributed by atoms with Crippen LogP contribution in [0.5, 0.6) is 5.75 Å². The van der Waals surface area contributed by atoms with Gasteiger partial charge in [-0.1, -0.05) is 13.0 Å². The summed E-state index contributed by atoms with van der Waals surface area (Å²) in [5, 5.41) is 0. The Morgan fingerprint density at radius 2 is 1.96 bits per heavy atom. The van der Waals surface area contributed by atoms with E-state index in [9.17, 15) is 9.59 Å². The largest absolute Gasteiger partial charge is 0.484 e. The Hall–Kier alpha value is -2.08. The summed E-state index contributed by atoms with van der Waals surface area (Å²) in [7, 11) is 0. The minimum Gasteiger partial charge on any atom is -0.484 e. The molecule has 2 amide bonds. The fourth-order valence-electron chi connectivity index (χ4n) is 4.16. The molecule has 136 valence electrons. The molecule has 2 N–H and O–H groups in total. The molecule has 0 aromatic heterocycles. The van der Waals surface area contributed by atoms with Crippen molar-refractivity contribution in [2.45, 2.75) is 44.7 Å². The van der Waals surface area contributed by atoms with Gasteiger partial charge in [0.15, 0.2) is 6.61 Å². The van der Waals surface area contributed by atoms with Crippen LogP contribution in [0.1, 0.15) is 43.0 Å². The van der Waals surface area contributed by atoms with Gasteiger partial charge in [0.2, 0.25) is 0 Å². The topological polar surface area (TPSA) is 75.9 Å². The van der Waals surface area contributed by atoms with Gasteiger partial charge in [-0.05, 0) is 57.0 Å². The number of nitrogens with two attached hydrogens (primary N) is 1. The van der Waals surface area contributed by atoms with E-state index < -0.39 is 5.91 Å². The molecule has 6 nitrogen and oxygen atoms in total. The molecule has 2 saturated heterocycles. The van der Waals surface area contributed by atoms with E-state index in [4.69, 9.17) is 10.5 Å². The second-order valence-corrected chi connectivity index (χ2v) is 6.83. The van der Waals surface area contributed by atoms with Crippen LogP contribution in [0.15, 0.2) is 24.3 Å². The quantitative estimate of drug-likeness (QED) is 0.850. The molecular formula is C19H27N3O3. The van der Waals surface area contributed by atoms with Gasteiger partial charge in [-0.2, -0.15) is 0 Å². The molecule has 0 bridgehead atoms. The number of amides is 2. The summed E-state index contributed by atoms with van der Waals surface area (Å²) in [6.07, 6.45) is 4.52. The van der Waals surface area contributed by atoms with Gasteiger partial charge in [0, 0.05) is 24.2 Å². The number of hydrogen-bond donors (Lipinski definition) is 1. The predicted molar refractivity (Wildman–Crippen MR) is 95.5 cm³/mol. The predicted octanol–water partition coefficient (Wildman–Crippen LogP) is 1.64. The fourth-order valence-corrected chi connectivity index (χ4v) is 4.16. The molecule has 2 heterocycles. The molecule has 1 aromatic carbocycles. The summed E-state index contributed by atoms with van der Waals surface area (Å²) >= 11 is 0. The molecule has 2 aliphatic heterocycles. The fraction of sp³-hybridized carbons (Fsp3) is 0.579. The van der Waals surface area contributed by atoms with Crippen molar-refractivity contribution < 1.29 is 14.3 Å². The number of carbonyl (C=O) groups is 2. The lowest BCUT2D eigenvalue weighted by Crippen LogP contribution is -2.48. The maximum absolute atomic E-state index is 13.1. The Morgan fingerprint density at radius 3 is 2.72 bits per heavy atom. The lowest BCUT2D eigenvalue weighted by molar-refractivity contribution is -0.119. The highest BCUT2D eigenvalue weighted by Gasteiger charge is 2.39. The van der Waals surface area contributed by atoms with Crippen molar-refractivity contribution in [3.63, 3.8) is 0 Å². The van der Waals surface area contributed by atoms with Crippen molar-refractivity contribution in [1.82, 2.24) is 9.80 Å². The summed E-state index contributed by atoms with van der Waals surface area (Å²) in [5.74, 6) is 0.0173. The number of benzene rings is 1. The first-order chi connectivity index (χ1) is 12.1. The van der Waals surface area contributed by atoms with Crippen LogP contribution in [0.25, 0.3) is 0 Å². The van der Waals surface area contributed by atoms with Crippen LogP contribution < -0.4 is 10.5 Å². The van der Waals surface area contributed by atoms with E-state index in [0.717, 1.165) is 32.5 Å². The number of likely N-dealkylation sites (N-methyl/N-ethyl adjacent to an activating group) is 1. The van der Waals surface area contributed by atoms with Gasteiger partial charge in [0.1, 0.15) is 5.75 Å². The van der Waals surface area contributed by atoms with E-state index in [2.05, 4.69) is 11.8 Å². The van der Waals surface area contributed by atoms with Crippen LogP contribution in [-0.4, -0.2) is 59.9 Å². The highest BCUT2D eigenvalue weighted by atomic mass is 16.5. The van der Waals surface area contributed by atoms with Gasteiger partial charge in [0.05, 0.1) is 0 Å². The van der Waals surface area contributed by atoms with Crippen LogP contribution in [0.2, 0.25) is 0 Å². The van der Waals surface area contributed by atoms with Crippen molar-refractivity contribution in [2.24, 2.45) is 5.73 Å². The first-order valence-corrected chi connectivity index (χ1v) is 9.16. The van der Waals surface area contributed by atoms with E-state index >= 15 is 0 Å². The zero-order valence-electron chi connectivity index (χ0n) is 14.8. The molecule has 2 fully saturated rings. The molecule has 0 spiro atoms. The van der Waals surface area contributed by atoms with Crippen molar-refractivity contribution in [2.75, 3.05) is 26.2 Å². The maximum atomic E-state index is 13.1. The first kappa shape index (κ1) is 17.7. The lowest BCUT2D eigenvalue weighted by atomic mass is 10.0. The third kappa shape index (κ3) is 3.95. The summed E-state index contributed by atoms with van der Waals surface area (Å²) in [5.41, 5.74) is 5.71. The van der Waals surface area contributed by atoms with Gasteiger partial charge >= 0.3 is 0 Å². The van der Waals surface area contributed by atoms with Crippen LogP contribution in [0.3, 0.4) is 0 Å². The van der Waals surface area contributed by atoms with Crippen LogP contribution >= 0.6 is 0 Å². The van der Waals surface area contributed by atoms with Gasteiger partial charge in [-0.25, -0.2) is 0 Å². The van der Waals surface area contributed by atoms with Crippen molar-refractivity contribution in [3.8, 4) is 5.75 Å². The van der Waals surface area contributed by atoms with Crippen LogP contribution in [-0.2, 0) is 4.79 Å². The summed E-state index contributed by atoms with van der Waals surface area (Å²) in [6, 6.07) is 7.80. The zero-order valence-corrected chi connectivity index (χ0v) is 14.8. The number of ether oxygens (including phenoxy) is 1. The molecule has 0 saturated carbocycles. The van der Waals surface area contributed by atoms with Gasteiger partial charge in [0.25, 0.3) is 11.8 Å². The van der Waals surface area contributed by atoms with Gasteiger partial charge < -0.3 is 15.4 Å². The molecule has 2 atom stereocenters. The van der Waals surface area contributed by atoms with E-state index in [1.54, 1.807) is 24.3 Å². The molecule has 25 heavy (non-hydrogen) atoms. The van der Waals surface area contributed by atoms with E-state index in [0.29, 0.717) is 23.4 Å². The number of nitrogens with zero attached hydrogens (tertiary/aromatic N) is 2. The third-order valence-corrected chi connectivity index (χ3v) is 5.29. The number of hydrogen-bond acceptors (Lipinski definition) is 4. The summed E-state index contributed by atoms with van der Waals surface area (Å²) in [4.78, 5) is 28.5. The molecule has 0 aliphatic carbocycles. The molecule has 3 rings (SSSR count). The standard InChI is InChI=1S/C19H27N3O3/c1-2-21-10-4-8-16(21)17-9-5-11-22(17)19(24)14-6-3-7-15(12-14)25-13-18(20)23/h3,6-7,12,16-17H,2,4-5,8-11,13H2,1H3,(H2,20,23)/t16-,17+/m0/s1. The van der Waals surface area contributed by atoms with Gasteiger partial charge in [-0.3, -0.25) is 14.5 Å².